The summed E-state index contributed by atoms with van der Waals surface area (Å²) in [5.74, 6) is -1.28. The Morgan fingerprint density at radius 1 is 0.913 bits per heavy atom. The SMILES string of the molecule is CN(Cc1ccccc1)C(=O)[C@H](Cc1ccccc1)NC(=O)[C@@H]1C[C@@H](O)CN1C(=O)[C@@H]1Cc2ccccc2N1C(=O)OC(C)(C)C. The number of likely N-dealkylation sites (N-methyl/N-ethyl adjacent to an activating group) is 1. The van der Waals surface area contributed by atoms with Crippen molar-refractivity contribution in [2.75, 3.05) is 18.5 Å². The number of likely N-dealkylation sites (tertiary alicyclic amines) is 1. The van der Waals surface area contributed by atoms with Gasteiger partial charge in [0.1, 0.15) is 23.7 Å². The Balaban J connectivity index is 1.37. The van der Waals surface area contributed by atoms with Gasteiger partial charge in [-0.2, -0.15) is 0 Å². The number of nitrogens with one attached hydrogen (secondary N) is 1. The summed E-state index contributed by atoms with van der Waals surface area (Å²) in [6, 6.07) is 23.3. The maximum Gasteiger partial charge on any atom is 0.415 e. The molecule has 10 nitrogen and oxygen atoms in total. The Bertz CT molecular complexity index is 1560. The topological polar surface area (TPSA) is 119 Å². The molecule has 242 valence electrons. The number of fused-ring (bicyclic) bond motifs is 1. The first-order valence-corrected chi connectivity index (χ1v) is 15.6. The molecule has 0 spiro atoms. The van der Waals surface area contributed by atoms with Gasteiger partial charge in [-0.05, 0) is 43.5 Å². The molecule has 2 aliphatic heterocycles. The fraction of sp³-hybridized carbons (Fsp3) is 0.389. The van der Waals surface area contributed by atoms with Crippen molar-refractivity contribution < 1.29 is 29.0 Å². The van der Waals surface area contributed by atoms with Gasteiger partial charge in [0.25, 0.3) is 0 Å². The van der Waals surface area contributed by atoms with Gasteiger partial charge in [0.2, 0.25) is 17.7 Å². The number of benzene rings is 3. The van der Waals surface area contributed by atoms with Crippen molar-refractivity contribution in [3.05, 3.63) is 102 Å². The number of hydrogen-bond donors (Lipinski definition) is 2. The third kappa shape index (κ3) is 7.56. The third-order valence-electron chi connectivity index (χ3n) is 8.25. The van der Waals surface area contributed by atoms with Crippen LogP contribution in [0.25, 0.3) is 0 Å². The molecule has 10 heteroatoms. The zero-order valence-electron chi connectivity index (χ0n) is 26.8. The second-order valence-corrected chi connectivity index (χ2v) is 13.0. The molecule has 3 aromatic carbocycles. The first-order valence-electron chi connectivity index (χ1n) is 15.6. The van der Waals surface area contributed by atoms with Crippen LogP contribution in [0.15, 0.2) is 84.9 Å². The summed E-state index contributed by atoms with van der Waals surface area (Å²) < 4.78 is 5.66. The van der Waals surface area contributed by atoms with Gasteiger partial charge in [-0.15, -0.1) is 0 Å². The predicted molar refractivity (Wildman–Crippen MR) is 174 cm³/mol. The highest BCUT2D eigenvalue weighted by Crippen LogP contribution is 2.35. The van der Waals surface area contributed by atoms with Crippen molar-refractivity contribution in [1.82, 2.24) is 15.1 Å². The van der Waals surface area contributed by atoms with Crippen LogP contribution in [-0.4, -0.2) is 82.1 Å². The van der Waals surface area contributed by atoms with E-state index in [1.807, 2.05) is 72.8 Å². The lowest BCUT2D eigenvalue weighted by atomic mass is 10.0. The number of carbonyl (C=O) groups is 4. The van der Waals surface area contributed by atoms with Gasteiger partial charge in [0, 0.05) is 39.4 Å². The number of aliphatic hydroxyl groups excluding tert-OH is 1. The van der Waals surface area contributed by atoms with Crippen molar-refractivity contribution in [3.8, 4) is 0 Å². The fourth-order valence-corrected chi connectivity index (χ4v) is 6.14. The molecule has 2 aliphatic rings. The van der Waals surface area contributed by atoms with Crippen LogP contribution < -0.4 is 10.2 Å². The molecule has 1 saturated heterocycles. The minimum absolute atomic E-state index is 0.00970. The molecule has 0 saturated carbocycles. The fourth-order valence-electron chi connectivity index (χ4n) is 6.14. The quantitative estimate of drug-likeness (QED) is 0.394. The van der Waals surface area contributed by atoms with E-state index in [2.05, 4.69) is 5.32 Å². The monoisotopic (exact) mass is 626 g/mol. The molecule has 1 fully saturated rings. The molecule has 4 atom stereocenters. The molecule has 4 amide bonds. The first kappa shape index (κ1) is 32.7. The zero-order valence-corrected chi connectivity index (χ0v) is 26.8. The number of hydrogen-bond acceptors (Lipinski definition) is 6. The normalized spacial score (nSPS) is 19.7. The summed E-state index contributed by atoms with van der Waals surface area (Å²) in [7, 11) is 1.69. The maximum absolute atomic E-state index is 14.2. The van der Waals surface area contributed by atoms with Crippen LogP contribution in [0.5, 0.6) is 0 Å². The van der Waals surface area contributed by atoms with Gasteiger partial charge in [-0.3, -0.25) is 19.3 Å². The zero-order chi connectivity index (χ0) is 33.0. The predicted octanol–water partition coefficient (Wildman–Crippen LogP) is 3.70. The van der Waals surface area contributed by atoms with Gasteiger partial charge >= 0.3 is 6.09 Å². The van der Waals surface area contributed by atoms with Crippen LogP contribution in [0.4, 0.5) is 10.5 Å². The van der Waals surface area contributed by atoms with Gasteiger partial charge in [-0.25, -0.2) is 4.79 Å². The molecule has 3 aromatic rings. The summed E-state index contributed by atoms with van der Waals surface area (Å²) in [5, 5.41) is 13.6. The van der Waals surface area contributed by atoms with Gasteiger partial charge in [-0.1, -0.05) is 78.9 Å². The standard InChI is InChI=1S/C36H42N4O6/c1-36(2,3)46-35(45)40-29-18-12-11-17-26(29)20-31(40)34(44)39-23-27(41)21-30(39)32(42)37-28(19-24-13-7-5-8-14-24)33(43)38(4)22-25-15-9-6-10-16-25/h5-18,27-28,30-31,41H,19-23H2,1-4H3,(H,37,42)/t27-,28+,30+,31+/m1/s1. The van der Waals surface area contributed by atoms with Crippen molar-refractivity contribution >= 4 is 29.5 Å². The van der Waals surface area contributed by atoms with Gasteiger partial charge < -0.3 is 25.0 Å². The summed E-state index contributed by atoms with van der Waals surface area (Å²) in [4.78, 5) is 59.5. The van der Waals surface area contributed by atoms with E-state index in [9.17, 15) is 24.3 Å². The number of rotatable bonds is 8. The smallest absolute Gasteiger partial charge is 0.415 e. The second kappa shape index (κ2) is 13.7. The number of ether oxygens (including phenoxy) is 1. The third-order valence-corrected chi connectivity index (χ3v) is 8.25. The van der Waals surface area contributed by atoms with E-state index in [1.54, 1.807) is 44.9 Å². The number of β-amino-alcohol motifs (C(OH)–C–C–N with tert-alkyl or cyclic N) is 1. The Labute approximate surface area is 269 Å². The Morgan fingerprint density at radius 3 is 2.17 bits per heavy atom. The van der Waals surface area contributed by atoms with Crippen molar-refractivity contribution in [2.45, 2.75) is 76.4 Å². The molecule has 46 heavy (non-hydrogen) atoms. The molecule has 0 aliphatic carbocycles. The van der Waals surface area contributed by atoms with E-state index in [0.29, 0.717) is 12.2 Å². The maximum atomic E-state index is 14.2. The summed E-state index contributed by atoms with van der Waals surface area (Å²) >= 11 is 0. The van der Waals surface area contributed by atoms with Crippen molar-refractivity contribution in [3.63, 3.8) is 0 Å². The Kier molecular flexibility index (Phi) is 9.76. The van der Waals surface area contributed by atoms with Gasteiger partial charge in [0.15, 0.2) is 0 Å². The number of anilines is 1. The average molecular weight is 627 g/mol. The summed E-state index contributed by atoms with van der Waals surface area (Å²) in [6.07, 6.45) is -1.10. The highest BCUT2D eigenvalue weighted by molar-refractivity contribution is 6.02. The van der Waals surface area contributed by atoms with Crippen LogP contribution in [0, 0.1) is 0 Å². The molecule has 0 unspecified atom stereocenters. The van der Waals surface area contributed by atoms with Crippen molar-refractivity contribution in [2.24, 2.45) is 0 Å². The summed E-state index contributed by atoms with van der Waals surface area (Å²) in [6.45, 7) is 5.55. The lowest BCUT2D eigenvalue weighted by Gasteiger charge is -2.33. The molecular weight excluding hydrogens is 584 g/mol. The molecule has 0 aromatic heterocycles. The number of nitrogens with zero attached hydrogens (tertiary/aromatic N) is 3. The van der Waals surface area contributed by atoms with E-state index >= 15 is 0 Å². The number of para-hydroxylation sites is 1. The van der Waals surface area contributed by atoms with E-state index in [-0.39, 0.29) is 31.7 Å². The van der Waals surface area contributed by atoms with E-state index in [4.69, 9.17) is 4.74 Å². The Morgan fingerprint density at radius 2 is 1.52 bits per heavy atom. The van der Waals surface area contributed by atoms with Crippen LogP contribution in [-0.2, 0) is 38.5 Å². The minimum atomic E-state index is -1.03. The first-order chi connectivity index (χ1) is 21.9. The van der Waals surface area contributed by atoms with E-state index in [1.165, 1.54) is 9.80 Å². The molecule has 2 N–H and O–H groups in total. The van der Waals surface area contributed by atoms with Crippen LogP contribution in [0.1, 0.15) is 43.9 Å². The minimum Gasteiger partial charge on any atom is -0.443 e. The molecule has 2 heterocycles. The highest BCUT2D eigenvalue weighted by Gasteiger charge is 2.47. The highest BCUT2D eigenvalue weighted by atomic mass is 16.6. The van der Waals surface area contributed by atoms with Crippen molar-refractivity contribution in [1.29, 1.82) is 0 Å². The molecule has 0 bridgehead atoms. The lowest BCUT2D eigenvalue weighted by molar-refractivity contribution is -0.141. The molecule has 5 rings (SSSR count). The van der Waals surface area contributed by atoms with E-state index in [0.717, 1.165) is 16.7 Å². The van der Waals surface area contributed by atoms with Crippen LogP contribution in [0.2, 0.25) is 0 Å². The summed E-state index contributed by atoms with van der Waals surface area (Å²) in [5.41, 5.74) is 2.41. The number of carbonyl (C=O) groups excluding carboxylic acids is 4. The largest absolute Gasteiger partial charge is 0.443 e. The molecular formula is C36H42N4O6. The van der Waals surface area contributed by atoms with Crippen LogP contribution in [0.3, 0.4) is 0 Å². The number of aliphatic hydroxyl groups is 1. The van der Waals surface area contributed by atoms with Crippen LogP contribution >= 0.6 is 0 Å². The molecule has 0 radical (unpaired) electrons. The average Bonchev–Trinajstić information content (AvgIpc) is 3.61. The van der Waals surface area contributed by atoms with Gasteiger partial charge in [0.05, 0.1) is 11.8 Å². The Hall–Kier alpha value is -4.70. The van der Waals surface area contributed by atoms with E-state index < -0.39 is 47.7 Å². The second-order valence-electron chi connectivity index (χ2n) is 13.0. The lowest BCUT2D eigenvalue weighted by Crippen LogP contribution is -2.57. The number of amides is 4.